The normalized spacial score (nSPS) is 11.0. The van der Waals surface area contributed by atoms with Gasteiger partial charge in [-0.15, -0.1) is 0 Å². The molecule has 0 bridgehead atoms. The molecule has 1 amide bonds. The van der Waals surface area contributed by atoms with Crippen LogP contribution in [0.4, 0.5) is 17.1 Å². The van der Waals surface area contributed by atoms with Crippen LogP contribution in [0, 0.1) is 0 Å². The van der Waals surface area contributed by atoms with Crippen LogP contribution < -0.4 is 10.6 Å². The van der Waals surface area contributed by atoms with Gasteiger partial charge in [-0.3, -0.25) is 4.79 Å². The Morgan fingerprint density at radius 1 is 0.778 bits per heavy atom. The molecule has 3 aromatic carbocycles. The third-order valence-corrected chi connectivity index (χ3v) is 4.71. The summed E-state index contributed by atoms with van der Waals surface area (Å²) in [6, 6.07) is 23.8. The van der Waals surface area contributed by atoms with E-state index in [0.717, 1.165) is 11.4 Å². The first-order valence-corrected chi connectivity index (χ1v) is 10.5. The van der Waals surface area contributed by atoms with Crippen LogP contribution in [-0.2, 0) is 15.6 Å². The van der Waals surface area contributed by atoms with Crippen molar-refractivity contribution in [1.29, 1.82) is 0 Å². The van der Waals surface area contributed by atoms with Gasteiger partial charge >= 0.3 is 0 Å². The second-order valence-electron chi connectivity index (χ2n) is 6.29. The Labute approximate surface area is 159 Å². The molecule has 0 aromatic heterocycles. The molecule has 3 rings (SSSR count). The molecule has 0 aliphatic heterocycles. The molecule has 0 atom stereocenters. The first-order chi connectivity index (χ1) is 12.9. The molecule has 2 N–H and O–H groups in total. The summed E-state index contributed by atoms with van der Waals surface area (Å²) in [7, 11) is -3.09. The molecule has 0 fully saturated rings. The summed E-state index contributed by atoms with van der Waals surface area (Å²) in [5, 5.41) is 6.11. The van der Waals surface area contributed by atoms with Gasteiger partial charge in [-0.25, -0.2) is 8.42 Å². The van der Waals surface area contributed by atoms with E-state index in [1.54, 1.807) is 24.3 Å². The summed E-state index contributed by atoms with van der Waals surface area (Å²) >= 11 is 0. The summed E-state index contributed by atoms with van der Waals surface area (Å²) < 4.78 is 22.6. The van der Waals surface area contributed by atoms with E-state index in [0.29, 0.717) is 16.8 Å². The van der Waals surface area contributed by atoms with Crippen LogP contribution in [0.2, 0.25) is 0 Å². The number of anilines is 3. The fourth-order valence-electron chi connectivity index (χ4n) is 2.58. The number of benzene rings is 3. The standard InChI is InChI=1S/C21H20N2O3S/c1-27(25,26)15-16-7-9-17(10-8-16)21(24)23-20-13-11-19(12-14-20)22-18-5-3-2-4-6-18/h2-14,22H,15H2,1H3,(H,23,24). The van der Waals surface area contributed by atoms with Crippen LogP contribution in [0.3, 0.4) is 0 Å². The van der Waals surface area contributed by atoms with Crippen LogP contribution in [-0.4, -0.2) is 20.6 Å². The lowest BCUT2D eigenvalue weighted by Crippen LogP contribution is -2.12. The highest BCUT2D eigenvalue weighted by atomic mass is 32.2. The summed E-state index contributed by atoms with van der Waals surface area (Å²) in [5.74, 6) is -0.283. The third kappa shape index (κ3) is 5.69. The molecular weight excluding hydrogens is 360 g/mol. The highest BCUT2D eigenvalue weighted by molar-refractivity contribution is 7.89. The van der Waals surface area contributed by atoms with Crippen LogP contribution in [0.15, 0.2) is 78.9 Å². The molecule has 0 radical (unpaired) electrons. The second kappa shape index (κ2) is 8.05. The predicted molar refractivity (Wildman–Crippen MR) is 109 cm³/mol. The van der Waals surface area contributed by atoms with Gasteiger partial charge in [-0.2, -0.15) is 0 Å². The zero-order valence-electron chi connectivity index (χ0n) is 14.8. The molecule has 0 saturated heterocycles. The van der Waals surface area contributed by atoms with Crippen molar-refractivity contribution >= 4 is 32.8 Å². The van der Waals surface area contributed by atoms with E-state index >= 15 is 0 Å². The Hall–Kier alpha value is -3.12. The van der Waals surface area contributed by atoms with E-state index < -0.39 is 9.84 Å². The van der Waals surface area contributed by atoms with Crippen LogP contribution in [0.25, 0.3) is 0 Å². The minimum Gasteiger partial charge on any atom is -0.356 e. The topological polar surface area (TPSA) is 75.3 Å². The van der Waals surface area contributed by atoms with Crippen molar-refractivity contribution < 1.29 is 13.2 Å². The Morgan fingerprint density at radius 3 is 1.93 bits per heavy atom. The lowest BCUT2D eigenvalue weighted by Gasteiger charge is -2.09. The average molecular weight is 380 g/mol. The van der Waals surface area contributed by atoms with Crippen molar-refractivity contribution in [1.82, 2.24) is 0 Å². The number of hydrogen-bond acceptors (Lipinski definition) is 4. The van der Waals surface area contributed by atoms with Gasteiger partial charge in [0.15, 0.2) is 9.84 Å². The molecule has 0 heterocycles. The molecule has 0 aliphatic carbocycles. The lowest BCUT2D eigenvalue weighted by molar-refractivity contribution is 0.102. The number of hydrogen-bond donors (Lipinski definition) is 2. The number of carbonyl (C=O) groups excluding carboxylic acids is 1. The Morgan fingerprint density at radius 2 is 1.33 bits per heavy atom. The van der Waals surface area contributed by atoms with Crippen molar-refractivity contribution in [2.24, 2.45) is 0 Å². The lowest BCUT2D eigenvalue weighted by atomic mass is 10.1. The van der Waals surface area contributed by atoms with Gasteiger partial charge in [-0.1, -0.05) is 30.3 Å². The van der Waals surface area contributed by atoms with Crippen molar-refractivity contribution in [2.45, 2.75) is 5.75 Å². The average Bonchev–Trinajstić information content (AvgIpc) is 2.63. The molecule has 6 heteroatoms. The summed E-state index contributed by atoms with van der Waals surface area (Å²) in [4.78, 5) is 12.3. The fourth-order valence-corrected chi connectivity index (χ4v) is 3.38. The van der Waals surface area contributed by atoms with Crippen molar-refractivity contribution in [3.63, 3.8) is 0 Å². The Balaban J connectivity index is 1.62. The molecule has 3 aromatic rings. The summed E-state index contributed by atoms with van der Waals surface area (Å²) in [6.45, 7) is 0. The van der Waals surface area contributed by atoms with E-state index in [2.05, 4.69) is 10.6 Å². The number of rotatable bonds is 6. The molecule has 138 valence electrons. The number of amides is 1. The highest BCUT2D eigenvalue weighted by Crippen LogP contribution is 2.19. The molecule has 0 unspecified atom stereocenters. The molecule has 0 saturated carbocycles. The van der Waals surface area contributed by atoms with Crippen molar-refractivity contribution in [2.75, 3.05) is 16.9 Å². The maximum absolute atomic E-state index is 12.3. The minimum atomic E-state index is -3.09. The third-order valence-electron chi connectivity index (χ3n) is 3.85. The summed E-state index contributed by atoms with van der Waals surface area (Å²) in [6.07, 6.45) is 1.18. The Kier molecular flexibility index (Phi) is 5.57. The van der Waals surface area contributed by atoms with Gasteiger partial charge in [0.25, 0.3) is 5.91 Å². The molecule has 27 heavy (non-hydrogen) atoms. The smallest absolute Gasteiger partial charge is 0.255 e. The zero-order valence-corrected chi connectivity index (χ0v) is 15.7. The largest absolute Gasteiger partial charge is 0.356 e. The van der Waals surface area contributed by atoms with Gasteiger partial charge in [0.1, 0.15) is 0 Å². The Bertz CT molecular complexity index is 1010. The van der Waals surface area contributed by atoms with E-state index in [4.69, 9.17) is 0 Å². The SMILES string of the molecule is CS(=O)(=O)Cc1ccc(C(=O)Nc2ccc(Nc3ccccc3)cc2)cc1. The number of nitrogens with one attached hydrogen (secondary N) is 2. The summed E-state index contributed by atoms with van der Waals surface area (Å²) in [5.41, 5.74) is 3.72. The van der Waals surface area contributed by atoms with E-state index in [9.17, 15) is 13.2 Å². The number of carbonyl (C=O) groups is 1. The maximum Gasteiger partial charge on any atom is 0.255 e. The molecular formula is C21H20N2O3S. The van der Waals surface area contributed by atoms with E-state index in [1.807, 2.05) is 54.6 Å². The minimum absolute atomic E-state index is 0.0369. The predicted octanol–water partition coefficient (Wildman–Crippen LogP) is 4.23. The number of sulfone groups is 1. The van der Waals surface area contributed by atoms with Crippen LogP contribution >= 0.6 is 0 Å². The van der Waals surface area contributed by atoms with Gasteiger partial charge in [0.2, 0.25) is 0 Å². The first kappa shape index (κ1) is 18.7. The second-order valence-corrected chi connectivity index (χ2v) is 8.43. The first-order valence-electron chi connectivity index (χ1n) is 8.39. The zero-order chi connectivity index (χ0) is 19.3. The molecule has 0 spiro atoms. The van der Waals surface area contributed by atoms with Crippen molar-refractivity contribution in [3.05, 3.63) is 90.0 Å². The van der Waals surface area contributed by atoms with Crippen molar-refractivity contribution in [3.8, 4) is 0 Å². The van der Waals surface area contributed by atoms with Gasteiger partial charge < -0.3 is 10.6 Å². The van der Waals surface area contributed by atoms with Crippen LogP contribution in [0.1, 0.15) is 15.9 Å². The quantitative estimate of drug-likeness (QED) is 0.671. The van der Waals surface area contributed by atoms with E-state index in [-0.39, 0.29) is 11.7 Å². The highest BCUT2D eigenvalue weighted by Gasteiger charge is 2.08. The maximum atomic E-state index is 12.3. The monoisotopic (exact) mass is 380 g/mol. The fraction of sp³-hybridized carbons (Fsp3) is 0.0952. The molecule has 0 aliphatic rings. The van der Waals surface area contributed by atoms with Crippen LogP contribution in [0.5, 0.6) is 0 Å². The number of para-hydroxylation sites is 1. The van der Waals surface area contributed by atoms with Gasteiger partial charge in [-0.05, 0) is 54.1 Å². The van der Waals surface area contributed by atoms with Gasteiger partial charge in [0, 0.05) is 28.9 Å². The molecule has 5 nitrogen and oxygen atoms in total. The van der Waals surface area contributed by atoms with Gasteiger partial charge in [0.05, 0.1) is 5.75 Å². The van der Waals surface area contributed by atoms with E-state index in [1.165, 1.54) is 6.26 Å².